The molecule has 19 heavy (non-hydrogen) atoms. The molecule has 0 saturated carbocycles. The van der Waals surface area contributed by atoms with Gasteiger partial charge in [-0.15, -0.1) is 11.6 Å². The molecule has 0 aliphatic carbocycles. The normalized spacial score (nSPS) is 11.9. The summed E-state index contributed by atoms with van der Waals surface area (Å²) in [4.78, 5) is 8.45. The minimum atomic E-state index is -0.0475. The summed E-state index contributed by atoms with van der Waals surface area (Å²) in [6, 6.07) is 9.88. The first-order chi connectivity index (χ1) is 9.24. The van der Waals surface area contributed by atoms with Gasteiger partial charge in [0, 0.05) is 5.88 Å². The monoisotopic (exact) mass is 341 g/mol. The number of nitrogens with zero attached hydrogens (tertiary/aromatic N) is 2. The van der Waals surface area contributed by atoms with Crippen molar-refractivity contribution in [1.82, 2.24) is 9.97 Å². The molecule has 2 aromatic rings. The summed E-state index contributed by atoms with van der Waals surface area (Å²) < 4.78 is 5.85. The van der Waals surface area contributed by atoms with Crippen molar-refractivity contribution in [2.24, 2.45) is 0 Å². The molecule has 0 spiro atoms. The number of methoxy groups -OCH3 is 1. The van der Waals surface area contributed by atoms with E-state index >= 15 is 0 Å². The highest BCUT2D eigenvalue weighted by Crippen LogP contribution is 2.24. The van der Waals surface area contributed by atoms with Crippen molar-refractivity contribution < 1.29 is 4.74 Å². The molecule has 0 radical (unpaired) electrons. The van der Waals surface area contributed by atoms with Gasteiger partial charge in [-0.05, 0) is 21.5 Å². The van der Waals surface area contributed by atoms with Gasteiger partial charge in [0.2, 0.25) is 11.8 Å². The molecule has 2 rings (SSSR count). The molecule has 6 heteroatoms. The Morgan fingerprint density at radius 3 is 2.74 bits per heavy atom. The van der Waals surface area contributed by atoms with Crippen LogP contribution < -0.4 is 10.1 Å². The van der Waals surface area contributed by atoms with Gasteiger partial charge >= 0.3 is 0 Å². The average Bonchev–Trinajstić information content (AvgIpc) is 2.47. The highest BCUT2D eigenvalue weighted by molar-refractivity contribution is 9.10. The second-order valence-corrected chi connectivity index (χ2v) is 4.98. The number of hydrogen-bond acceptors (Lipinski definition) is 4. The van der Waals surface area contributed by atoms with Crippen molar-refractivity contribution >= 4 is 33.5 Å². The molecular formula is C13H13BrClN3O. The van der Waals surface area contributed by atoms with E-state index in [2.05, 4.69) is 31.2 Å². The first-order valence-corrected chi connectivity index (χ1v) is 7.01. The molecule has 4 nitrogen and oxygen atoms in total. The first-order valence-electron chi connectivity index (χ1n) is 5.68. The third-order valence-electron chi connectivity index (χ3n) is 2.56. The van der Waals surface area contributed by atoms with Crippen LogP contribution in [0, 0.1) is 0 Å². The zero-order valence-electron chi connectivity index (χ0n) is 10.3. The zero-order valence-corrected chi connectivity index (χ0v) is 12.6. The molecule has 1 aromatic heterocycles. The molecule has 1 aromatic carbocycles. The van der Waals surface area contributed by atoms with Crippen LogP contribution in [-0.4, -0.2) is 23.0 Å². The lowest BCUT2D eigenvalue weighted by atomic mass is 10.1. The van der Waals surface area contributed by atoms with E-state index in [0.717, 1.165) is 5.56 Å². The van der Waals surface area contributed by atoms with Crippen molar-refractivity contribution in [3.05, 3.63) is 46.6 Å². The highest BCUT2D eigenvalue weighted by Gasteiger charge is 2.12. The van der Waals surface area contributed by atoms with E-state index in [1.54, 1.807) is 13.3 Å². The smallest absolute Gasteiger partial charge is 0.232 e. The highest BCUT2D eigenvalue weighted by atomic mass is 79.9. The van der Waals surface area contributed by atoms with E-state index in [4.69, 9.17) is 16.3 Å². The Kier molecular flexibility index (Phi) is 4.99. The lowest BCUT2D eigenvalue weighted by molar-refractivity contribution is 0.394. The van der Waals surface area contributed by atoms with Crippen LogP contribution in [-0.2, 0) is 0 Å². The van der Waals surface area contributed by atoms with Gasteiger partial charge < -0.3 is 10.1 Å². The molecule has 1 heterocycles. The van der Waals surface area contributed by atoms with Gasteiger partial charge in [0.15, 0.2) is 0 Å². The second-order valence-electron chi connectivity index (χ2n) is 3.81. The van der Waals surface area contributed by atoms with Crippen molar-refractivity contribution in [2.75, 3.05) is 18.3 Å². The molecule has 1 N–H and O–H groups in total. The summed E-state index contributed by atoms with van der Waals surface area (Å²) in [6.07, 6.45) is 1.64. The first kappa shape index (κ1) is 14.1. The Morgan fingerprint density at radius 2 is 2.11 bits per heavy atom. The zero-order chi connectivity index (χ0) is 13.7. The van der Waals surface area contributed by atoms with E-state index in [-0.39, 0.29) is 6.04 Å². The molecule has 1 unspecified atom stereocenters. The summed E-state index contributed by atoms with van der Waals surface area (Å²) in [6.45, 7) is 0. The van der Waals surface area contributed by atoms with E-state index in [1.807, 2.05) is 30.3 Å². The van der Waals surface area contributed by atoms with Gasteiger partial charge in [-0.25, -0.2) is 4.98 Å². The number of halogens is 2. The lowest BCUT2D eigenvalue weighted by Crippen LogP contribution is -2.14. The fourth-order valence-electron chi connectivity index (χ4n) is 1.62. The van der Waals surface area contributed by atoms with Crippen LogP contribution >= 0.6 is 27.5 Å². The van der Waals surface area contributed by atoms with E-state index in [9.17, 15) is 0 Å². The van der Waals surface area contributed by atoms with Gasteiger partial charge in [-0.3, -0.25) is 0 Å². The largest absolute Gasteiger partial charge is 0.480 e. The number of aromatic nitrogens is 2. The van der Waals surface area contributed by atoms with Gasteiger partial charge in [0.05, 0.1) is 23.8 Å². The van der Waals surface area contributed by atoms with Gasteiger partial charge in [-0.1, -0.05) is 30.3 Å². The van der Waals surface area contributed by atoms with Gasteiger partial charge in [0.1, 0.15) is 0 Å². The Morgan fingerprint density at radius 1 is 1.37 bits per heavy atom. The number of benzene rings is 1. The molecule has 0 bridgehead atoms. The minimum absolute atomic E-state index is 0.0475. The Bertz CT molecular complexity index is 539. The summed E-state index contributed by atoms with van der Waals surface area (Å²) in [5.41, 5.74) is 1.09. The van der Waals surface area contributed by atoms with Crippen LogP contribution in [0.4, 0.5) is 5.95 Å². The summed E-state index contributed by atoms with van der Waals surface area (Å²) in [5.74, 6) is 1.39. The predicted octanol–water partition coefficient (Wildman–Crippen LogP) is 3.64. The number of nitrogens with one attached hydrogen (secondary N) is 1. The quantitative estimate of drug-likeness (QED) is 0.843. The second kappa shape index (κ2) is 6.73. The Labute approximate surface area is 125 Å². The predicted molar refractivity (Wildman–Crippen MR) is 79.8 cm³/mol. The maximum absolute atomic E-state index is 6.00. The Balaban J connectivity index is 2.19. The topological polar surface area (TPSA) is 47.0 Å². The number of alkyl halides is 1. The average molecular weight is 343 g/mol. The minimum Gasteiger partial charge on any atom is -0.480 e. The molecule has 0 fully saturated rings. The number of ether oxygens (including phenoxy) is 1. The summed E-state index contributed by atoms with van der Waals surface area (Å²) in [7, 11) is 1.56. The fourth-order valence-corrected chi connectivity index (χ4v) is 2.22. The van der Waals surface area contributed by atoms with E-state index in [1.165, 1.54) is 0 Å². The van der Waals surface area contributed by atoms with Crippen LogP contribution in [0.5, 0.6) is 5.88 Å². The molecule has 0 saturated heterocycles. The van der Waals surface area contributed by atoms with Crippen LogP contribution in [0.3, 0.4) is 0 Å². The third-order valence-corrected chi connectivity index (χ3v) is 3.42. The van der Waals surface area contributed by atoms with Crippen molar-refractivity contribution in [1.29, 1.82) is 0 Å². The molecular weight excluding hydrogens is 330 g/mol. The standard InChI is InChI=1S/C13H13BrClN3O/c1-19-12-10(14)8-16-13(18-12)17-11(7-15)9-5-3-2-4-6-9/h2-6,8,11H,7H2,1H3,(H,16,17,18). The molecule has 100 valence electrons. The van der Waals surface area contributed by atoms with Crippen LogP contribution in [0.15, 0.2) is 41.0 Å². The van der Waals surface area contributed by atoms with E-state index < -0.39 is 0 Å². The third kappa shape index (κ3) is 3.58. The van der Waals surface area contributed by atoms with Gasteiger partial charge in [0.25, 0.3) is 0 Å². The van der Waals surface area contributed by atoms with Crippen LogP contribution in [0.1, 0.15) is 11.6 Å². The van der Waals surface area contributed by atoms with Crippen molar-refractivity contribution in [2.45, 2.75) is 6.04 Å². The van der Waals surface area contributed by atoms with Crippen LogP contribution in [0.2, 0.25) is 0 Å². The van der Waals surface area contributed by atoms with Crippen molar-refractivity contribution in [3.8, 4) is 5.88 Å². The van der Waals surface area contributed by atoms with Crippen LogP contribution in [0.25, 0.3) is 0 Å². The Hall–Kier alpha value is -1.33. The molecule has 0 aliphatic heterocycles. The summed E-state index contributed by atoms with van der Waals surface area (Å²) >= 11 is 9.31. The number of hydrogen-bond donors (Lipinski definition) is 1. The van der Waals surface area contributed by atoms with E-state index in [0.29, 0.717) is 22.2 Å². The number of rotatable bonds is 5. The molecule has 0 aliphatic rings. The molecule has 1 atom stereocenters. The maximum atomic E-state index is 6.00. The number of anilines is 1. The SMILES string of the molecule is COc1nc(NC(CCl)c2ccccc2)ncc1Br. The van der Waals surface area contributed by atoms with Crippen molar-refractivity contribution in [3.63, 3.8) is 0 Å². The maximum Gasteiger partial charge on any atom is 0.232 e. The molecule has 0 amide bonds. The van der Waals surface area contributed by atoms with Gasteiger partial charge in [-0.2, -0.15) is 4.98 Å². The fraction of sp³-hybridized carbons (Fsp3) is 0.231. The summed E-state index contributed by atoms with van der Waals surface area (Å²) in [5, 5.41) is 3.19. The lowest BCUT2D eigenvalue weighted by Gasteiger charge is -2.16.